The SMILES string of the molecule is O=C(O)c1cc(CC2CCN(C(=O)CCCOc3ccccc3)C2)ccc1F. The molecule has 148 valence electrons. The Morgan fingerprint density at radius 3 is 2.71 bits per heavy atom. The van der Waals surface area contributed by atoms with Crippen molar-refractivity contribution in [1.82, 2.24) is 4.90 Å². The van der Waals surface area contributed by atoms with Gasteiger partial charge < -0.3 is 14.7 Å². The topological polar surface area (TPSA) is 66.8 Å². The van der Waals surface area contributed by atoms with Crippen molar-refractivity contribution in [3.8, 4) is 5.75 Å². The maximum Gasteiger partial charge on any atom is 0.338 e. The Labute approximate surface area is 163 Å². The fourth-order valence-corrected chi connectivity index (χ4v) is 3.51. The molecule has 0 aliphatic carbocycles. The van der Waals surface area contributed by atoms with Crippen molar-refractivity contribution in [2.45, 2.75) is 25.7 Å². The molecule has 1 unspecified atom stereocenters. The van der Waals surface area contributed by atoms with Gasteiger partial charge in [-0.3, -0.25) is 4.79 Å². The lowest BCUT2D eigenvalue weighted by Crippen LogP contribution is -2.29. The highest BCUT2D eigenvalue weighted by Crippen LogP contribution is 2.23. The zero-order valence-corrected chi connectivity index (χ0v) is 15.6. The molecule has 1 amide bonds. The third kappa shape index (κ3) is 5.31. The highest BCUT2D eigenvalue weighted by atomic mass is 19.1. The highest BCUT2D eigenvalue weighted by molar-refractivity contribution is 5.88. The van der Waals surface area contributed by atoms with Crippen molar-refractivity contribution in [2.75, 3.05) is 19.7 Å². The zero-order chi connectivity index (χ0) is 19.9. The number of carbonyl (C=O) groups excluding carboxylic acids is 1. The van der Waals surface area contributed by atoms with E-state index in [-0.39, 0.29) is 17.4 Å². The number of carboxylic acid groups (broad SMARTS) is 1. The van der Waals surface area contributed by atoms with E-state index in [1.165, 1.54) is 12.1 Å². The van der Waals surface area contributed by atoms with Crippen molar-refractivity contribution in [3.05, 3.63) is 65.5 Å². The van der Waals surface area contributed by atoms with Gasteiger partial charge in [0.15, 0.2) is 0 Å². The van der Waals surface area contributed by atoms with Crippen LogP contribution in [-0.2, 0) is 11.2 Å². The normalized spacial score (nSPS) is 16.2. The number of carboxylic acids is 1. The number of nitrogens with zero attached hydrogens (tertiary/aromatic N) is 1. The Morgan fingerprint density at radius 2 is 1.96 bits per heavy atom. The van der Waals surface area contributed by atoms with E-state index in [9.17, 15) is 14.0 Å². The van der Waals surface area contributed by atoms with Crippen LogP contribution in [0, 0.1) is 11.7 Å². The predicted molar refractivity (Wildman–Crippen MR) is 103 cm³/mol. The molecule has 3 rings (SSSR count). The van der Waals surface area contributed by atoms with Gasteiger partial charge in [0.1, 0.15) is 11.6 Å². The molecular weight excluding hydrogens is 361 g/mol. The van der Waals surface area contributed by atoms with Gasteiger partial charge in [-0.15, -0.1) is 0 Å². The summed E-state index contributed by atoms with van der Waals surface area (Å²) >= 11 is 0. The number of halogens is 1. The van der Waals surface area contributed by atoms with Gasteiger partial charge in [0.25, 0.3) is 0 Å². The number of benzene rings is 2. The van der Waals surface area contributed by atoms with Crippen LogP contribution in [0.3, 0.4) is 0 Å². The standard InChI is InChI=1S/C22H24FNO4/c23-20-9-8-16(14-19(20)22(26)27)13-17-10-11-24(15-17)21(25)7-4-12-28-18-5-2-1-3-6-18/h1-3,5-6,8-9,14,17H,4,7,10-13,15H2,(H,26,27). The average Bonchev–Trinajstić information content (AvgIpc) is 3.16. The molecule has 1 heterocycles. The molecular formula is C22H24FNO4. The van der Waals surface area contributed by atoms with Gasteiger partial charge in [0.2, 0.25) is 5.91 Å². The van der Waals surface area contributed by atoms with Gasteiger partial charge >= 0.3 is 5.97 Å². The Hall–Kier alpha value is -2.89. The van der Waals surface area contributed by atoms with E-state index < -0.39 is 11.8 Å². The van der Waals surface area contributed by atoms with Crippen molar-refractivity contribution in [3.63, 3.8) is 0 Å². The first-order valence-corrected chi connectivity index (χ1v) is 9.50. The molecule has 2 aromatic rings. The minimum Gasteiger partial charge on any atom is -0.494 e. The summed E-state index contributed by atoms with van der Waals surface area (Å²) < 4.78 is 19.1. The first kappa shape index (κ1) is 19.9. The molecule has 6 heteroatoms. The monoisotopic (exact) mass is 385 g/mol. The van der Waals surface area contributed by atoms with Crippen LogP contribution < -0.4 is 4.74 Å². The van der Waals surface area contributed by atoms with E-state index in [1.54, 1.807) is 6.07 Å². The van der Waals surface area contributed by atoms with Crippen molar-refractivity contribution >= 4 is 11.9 Å². The van der Waals surface area contributed by atoms with Crippen LogP contribution in [0.5, 0.6) is 5.75 Å². The maximum absolute atomic E-state index is 13.5. The summed E-state index contributed by atoms with van der Waals surface area (Å²) in [4.78, 5) is 25.3. The molecule has 1 aliphatic heterocycles. The molecule has 5 nitrogen and oxygen atoms in total. The second kappa shape index (κ2) is 9.35. The largest absolute Gasteiger partial charge is 0.494 e. The fourth-order valence-electron chi connectivity index (χ4n) is 3.51. The summed E-state index contributed by atoms with van der Waals surface area (Å²) in [5.74, 6) is -0.810. The summed E-state index contributed by atoms with van der Waals surface area (Å²) in [6.07, 6.45) is 2.61. The summed E-state index contributed by atoms with van der Waals surface area (Å²) in [5.41, 5.74) is 0.483. The Kier molecular flexibility index (Phi) is 6.63. The Bertz CT molecular complexity index is 825. The first-order valence-electron chi connectivity index (χ1n) is 9.50. The van der Waals surface area contributed by atoms with Crippen LogP contribution in [0.2, 0.25) is 0 Å². The molecule has 0 spiro atoms. The average molecular weight is 385 g/mol. The second-order valence-electron chi connectivity index (χ2n) is 7.08. The Balaban J connectivity index is 1.42. The van der Waals surface area contributed by atoms with E-state index in [2.05, 4.69) is 0 Å². The lowest BCUT2D eigenvalue weighted by atomic mass is 9.97. The smallest absolute Gasteiger partial charge is 0.338 e. The molecule has 2 aromatic carbocycles. The summed E-state index contributed by atoms with van der Waals surface area (Å²) in [7, 11) is 0. The van der Waals surface area contributed by atoms with Crippen LogP contribution in [-0.4, -0.2) is 41.6 Å². The maximum atomic E-state index is 13.5. The summed E-state index contributed by atoms with van der Waals surface area (Å²) in [5, 5.41) is 9.04. The fraction of sp³-hybridized carbons (Fsp3) is 0.364. The van der Waals surface area contributed by atoms with Crippen LogP contribution >= 0.6 is 0 Å². The number of para-hydroxylation sites is 1. The third-order valence-corrected chi connectivity index (χ3v) is 4.97. The number of ether oxygens (including phenoxy) is 1. The lowest BCUT2D eigenvalue weighted by Gasteiger charge is -2.17. The summed E-state index contributed by atoms with van der Waals surface area (Å²) in [6, 6.07) is 13.7. The van der Waals surface area contributed by atoms with Crippen LogP contribution in [0.15, 0.2) is 48.5 Å². The molecule has 0 radical (unpaired) electrons. The van der Waals surface area contributed by atoms with Gasteiger partial charge in [-0.25, -0.2) is 9.18 Å². The molecule has 0 saturated carbocycles. The van der Waals surface area contributed by atoms with Crippen molar-refractivity contribution in [1.29, 1.82) is 0 Å². The number of likely N-dealkylation sites (tertiary alicyclic amines) is 1. The van der Waals surface area contributed by atoms with Gasteiger partial charge in [0, 0.05) is 19.5 Å². The van der Waals surface area contributed by atoms with Gasteiger partial charge in [0.05, 0.1) is 12.2 Å². The summed E-state index contributed by atoms with van der Waals surface area (Å²) in [6.45, 7) is 1.86. The van der Waals surface area contributed by atoms with E-state index in [0.717, 1.165) is 17.7 Å². The minimum absolute atomic E-state index is 0.115. The predicted octanol–water partition coefficient (Wildman–Crippen LogP) is 3.77. The Morgan fingerprint density at radius 1 is 1.18 bits per heavy atom. The third-order valence-electron chi connectivity index (χ3n) is 4.97. The van der Waals surface area contributed by atoms with Crippen LogP contribution in [0.25, 0.3) is 0 Å². The minimum atomic E-state index is -1.26. The van der Waals surface area contributed by atoms with E-state index in [1.807, 2.05) is 35.2 Å². The molecule has 0 aromatic heterocycles. The molecule has 28 heavy (non-hydrogen) atoms. The zero-order valence-electron chi connectivity index (χ0n) is 15.6. The quantitative estimate of drug-likeness (QED) is 0.703. The first-order chi connectivity index (χ1) is 13.5. The van der Waals surface area contributed by atoms with E-state index in [4.69, 9.17) is 9.84 Å². The van der Waals surface area contributed by atoms with Gasteiger partial charge in [-0.05, 0) is 55.0 Å². The molecule has 1 N–H and O–H groups in total. The number of aromatic carboxylic acids is 1. The number of amides is 1. The molecule has 1 saturated heterocycles. The van der Waals surface area contributed by atoms with Gasteiger partial charge in [-0.2, -0.15) is 0 Å². The number of hydrogen-bond donors (Lipinski definition) is 1. The second-order valence-corrected chi connectivity index (χ2v) is 7.08. The lowest BCUT2D eigenvalue weighted by molar-refractivity contribution is -0.130. The van der Waals surface area contributed by atoms with Crippen molar-refractivity contribution in [2.24, 2.45) is 5.92 Å². The molecule has 1 atom stereocenters. The van der Waals surface area contributed by atoms with E-state index >= 15 is 0 Å². The van der Waals surface area contributed by atoms with Crippen LogP contribution in [0.1, 0.15) is 35.2 Å². The number of carbonyl (C=O) groups is 2. The molecule has 1 fully saturated rings. The van der Waals surface area contributed by atoms with Gasteiger partial charge in [-0.1, -0.05) is 24.3 Å². The number of rotatable bonds is 8. The van der Waals surface area contributed by atoms with Crippen LogP contribution in [0.4, 0.5) is 4.39 Å². The number of hydrogen-bond acceptors (Lipinski definition) is 3. The molecule has 1 aliphatic rings. The highest BCUT2D eigenvalue weighted by Gasteiger charge is 2.26. The van der Waals surface area contributed by atoms with Crippen molar-refractivity contribution < 1.29 is 23.8 Å². The molecule has 0 bridgehead atoms. The van der Waals surface area contributed by atoms with E-state index in [0.29, 0.717) is 39.0 Å².